The maximum atomic E-state index is 12.2. The molecule has 1 heterocycles. The molecule has 6 nitrogen and oxygen atoms in total. The highest BCUT2D eigenvalue weighted by atomic mass is 19.4. The van der Waals surface area contributed by atoms with E-state index in [-0.39, 0.29) is 11.3 Å². The van der Waals surface area contributed by atoms with E-state index in [1.54, 1.807) is 24.1 Å². The van der Waals surface area contributed by atoms with Crippen LogP contribution in [0.3, 0.4) is 0 Å². The Bertz CT molecular complexity index is 848. The zero-order valence-electron chi connectivity index (χ0n) is 14.1. The molecule has 1 aliphatic rings. The molecule has 9 heteroatoms. The molecule has 0 saturated carbocycles. The molecule has 0 bridgehead atoms. The summed E-state index contributed by atoms with van der Waals surface area (Å²) < 4.78 is 40.5. The third-order valence-corrected chi connectivity index (χ3v) is 4.03. The third kappa shape index (κ3) is 4.49. The summed E-state index contributed by atoms with van der Waals surface area (Å²) in [5, 5.41) is 13.0. The molecule has 1 atom stereocenters. The minimum atomic E-state index is -4.74. The number of oxime groups is 1. The Morgan fingerprint density at radius 3 is 2.37 bits per heavy atom. The number of hydrogen-bond donors (Lipinski definition) is 1. The second-order valence-electron chi connectivity index (χ2n) is 5.83. The van der Waals surface area contributed by atoms with E-state index in [9.17, 15) is 18.0 Å². The number of ether oxygens (including phenoxy) is 1. The number of carboxylic acid groups (broad SMARTS) is 1. The molecular weight excluding hydrogens is 365 g/mol. The van der Waals surface area contributed by atoms with Crippen molar-refractivity contribution in [1.82, 2.24) is 0 Å². The smallest absolute Gasteiger partial charge is 0.478 e. The number of amidine groups is 1. The zero-order chi connectivity index (χ0) is 19.6. The lowest BCUT2D eigenvalue weighted by molar-refractivity contribution is -0.274. The van der Waals surface area contributed by atoms with Gasteiger partial charge in [-0.2, -0.15) is 0 Å². The van der Waals surface area contributed by atoms with E-state index in [4.69, 9.17) is 9.94 Å². The van der Waals surface area contributed by atoms with Crippen LogP contribution in [0.25, 0.3) is 0 Å². The number of aromatic carboxylic acids is 1. The maximum Gasteiger partial charge on any atom is 0.573 e. The van der Waals surface area contributed by atoms with Gasteiger partial charge in [-0.05, 0) is 42.0 Å². The summed E-state index contributed by atoms with van der Waals surface area (Å²) in [5.41, 5.74) is 1.57. The van der Waals surface area contributed by atoms with Gasteiger partial charge in [-0.15, -0.1) is 13.2 Å². The number of anilines is 1. The fourth-order valence-electron chi connectivity index (χ4n) is 2.60. The normalized spacial score (nSPS) is 16.4. The Morgan fingerprint density at radius 2 is 1.81 bits per heavy atom. The van der Waals surface area contributed by atoms with Crippen LogP contribution in [0.4, 0.5) is 18.9 Å². The third-order valence-electron chi connectivity index (χ3n) is 4.03. The number of rotatable bonds is 4. The molecule has 0 aliphatic carbocycles. The predicted molar refractivity (Wildman–Crippen MR) is 90.8 cm³/mol. The van der Waals surface area contributed by atoms with Crippen molar-refractivity contribution >= 4 is 17.5 Å². The van der Waals surface area contributed by atoms with E-state index in [0.717, 1.165) is 5.69 Å². The molecule has 0 spiro atoms. The van der Waals surface area contributed by atoms with Gasteiger partial charge < -0.3 is 19.6 Å². The first-order valence-electron chi connectivity index (χ1n) is 7.88. The van der Waals surface area contributed by atoms with Crippen molar-refractivity contribution in [3.8, 4) is 5.75 Å². The maximum absolute atomic E-state index is 12.2. The van der Waals surface area contributed by atoms with Crippen molar-refractivity contribution < 1.29 is 32.6 Å². The van der Waals surface area contributed by atoms with Crippen LogP contribution in [0.1, 0.15) is 28.4 Å². The summed E-state index contributed by atoms with van der Waals surface area (Å²) in [5.74, 6) is -0.705. The van der Waals surface area contributed by atoms with Crippen LogP contribution in [0, 0.1) is 0 Å². The summed E-state index contributed by atoms with van der Waals surface area (Å²) in [6.07, 6.45) is -4.75. The van der Waals surface area contributed by atoms with E-state index in [2.05, 4.69) is 9.89 Å². The first-order valence-corrected chi connectivity index (χ1v) is 7.88. The highest BCUT2D eigenvalue weighted by molar-refractivity contribution is 5.98. The molecule has 0 aromatic heterocycles. The average molecular weight is 380 g/mol. The first kappa shape index (κ1) is 18.6. The van der Waals surface area contributed by atoms with Crippen LogP contribution in [-0.2, 0) is 4.84 Å². The average Bonchev–Trinajstić information content (AvgIpc) is 3.10. The van der Waals surface area contributed by atoms with Gasteiger partial charge in [-0.3, -0.25) is 0 Å². The summed E-state index contributed by atoms with van der Waals surface area (Å²) in [6, 6.07) is 11.7. The lowest BCUT2D eigenvalue weighted by Gasteiger charge is -2.18. The lowest BCUT2D eigenvalue weighted by atomic mass is 10.1. The van der Waals surface area contributed by atoms with Gasteiger partial charge in [0.1, 0.15) is 5.75 Å². The lowest BCUT2D eigenvalue weighted by Crippen LogP contribution is -2.25. The monoisotopic (exact) mass is 380 g/mol. The minimum absolute atomic E-state index is 0.177. The quantitative estimate of drug-likeness (QED) is 0.861. The Kier molecular flexibility index (Phi) is 4.93. The SMILES string of the molecule is CN(C1=NOC(c2ccc(OC(F)(F)F)cc2)C1)c1ccc(C(=O)O)cc1. The van der Waals surface area contributed by atoms with Gasteiger partial charge in [0.25, 0.3) is 0 Å². The number of alkyl halides is 3. The number of halogens is 3. The largest absolute Gasteiger partial charge is 0.573 e. The Hall–Kier alpha value is -3.23. The molecule has 3 rings (SSSR count). The predicted octanol–water partition coefficient (Wildman–Crippen LogP) is 4.19. The van der Waals surface area contributed by atoms with E-state index in [0.29, 0.717) is 17.8 Å². The highest BCUT2D eigenvalue weighted by Crippen LogP contribution is 2.31. The molecule has 2 aromatic carbocycles. The Balaban J connectivity index is 1.64. The van der Waals surface area contributed by atoms with Crippen molar-refractivity contribution in [1.29, 1.82) is 0 Å². The van der Waals surface area contributed by atoms with Gasteiger partial charge >= 0.3 is 12.3 Å². The van der Waals surface area contributed by atoms with E-state index >= 15 is 0 Å². The Morgan fingerprint density at radius 1 is 1.19 bits per heavy atom. The molecular formula is C18H15F3N2O4. The zero-order valence-corrected chi connectivity index (χ0v) is 14.1. The van der Waals surface area contributed by atoms with Crippen molar-refractivity contribution in [3.05, 3.63) is 59.7 Å². The van der Waals surface area contributed by atoms with Crippen molar-refractivity contribution in [2.24, 2.45) is 5.16 Å². The van der Waals surface area contributed by atoms with E-state index in [1.165, 1.54) is 36.4 Å². The van der Waals surface area contributed by atoms with Crippen molar-refractivity contribution in [2.75, 3.05) is 11.9 Å². The molecule has 1 unspecified atom stereocenters. The molecule has 1 aliphatic heterocycles. The summed E-state index contributed by atoms with van der Waals surface area (Å²) in [7, 11) is 1.76. The van der Waals surface area contributed by atoms with Crippen LogP contribution in [-0.4, -0.2) is 30.3 Å². The van der Waals surface area contributed by atoms with E-state index in [1.807, 2.05) is 0 Å². The molecule has 0 amide bonds. The summed E-state index contributed by atoms with van der Waals surface area (Å²) >= 11 is 0. The number of benzene rings is 2. The van der Waals surface area contributed by atoms with Gasteiger partial charge in [0.05, 0.1) is 12.0 Å². The topological polar surface area (TPSA) is 71.4 Å². The molecule has 27 heavy (non-hydrogen) atoms. The molecule has 2 aromatic rings. The summed E-state index contributed by atoms with van der Waals surface area (Å²) in [4.78, 5) is 18.1. The second kappa shape index (κ2) is 7.18. The van der Waals surface area contributed by atoms with Crippen LogP contribution < -0.4 is 9.64 Å². The van der Waals surface area contributed by atoms with Crippen molar-refractivity contribution in [3.63, 3.8) is 0 Å². The number of carboxylic acids is 1. The highest BCUT2D eigenvalue weighted by Gasteiger charge is 2.31. The van der Waals surface area contributed by atoms with E-state index < -0.39 is 18.4 Å². The molecule has 0 fully saturated rings. The van der Waals surface area contributed by atoms with Gasteiger partial charge in [0.2, 0.25) is 0 Å². The molecule has 0 radical (unpaired) electrons. The fourth-order valence-corrected chi connectivity index (χ4v) is 2.60. The molecule has 1 N–H and O–H groups in total. The summed E-state index contributed by atoms with van der Waals surface area (Å²) in [6.45, 7) is 0. The van der Waals surface area contributed by atoms with Crippen LogP contribution >= 0.6 is 0 Å². The Labute approximate surface area is 152 Å². The van der Waals surface area contributed by atoms with Crippen LogP contribution in [0.5, 0.6) is 5.75 Å². The van der Waals surface area contributed by atoms with Crippen LogP contribution in [0.2, 0.25) is 0 Å². The van der Waals surface area contributed by atoms with Gasteiger partial charge in [0.15, 0.2) is 11.9 Å². The number of carbonyl (C=O) groups is 1. The molecule has 142 valence electrons. The number of nitrogens with zero attached hydrogens (tertiary/aromatic N) is 2. The van der Waals surface area contributed by atoms with Gasteiger partial charge in [-0.25, -0.2) is 4.79 Å². The van der Waals surface area contributed by atoms with Gasteiger partial charge in [-0.1, -0.05) is 17.3 Å². The number of hydrogen-bond acceptors (Lipinski definition) is 5. The fraction of sp³-hybridized carbons (Fsp3) is 0.222. The standard InChI is InChI=1S/C18H15F3N2O4/c1-23(13-6-2-12(3-7-13)17(24)25)16-10-15(27-22-16)11-4-8-14(9-5-11)26-18(19,20)21/h2-9,15H,10H2,1H3,(H,24,25). The van der Waals surface area contributed by atoms with Gasteiger partial charge in [0, 0.05) is 12.7 Å². The van der Waals surface area contributed by atoms with Crippen LogP contribution in [0.15, 0.2) is 53.7 Å². The molecule has 0 saturated heterocycles. The minimum Gasteiger partial charge on any atom is -0.478 e. The first-order chi connectivity index (χ1) is 12.7. The second-order valence-corrected chi connectivity index (χ2v) is 5.83. The van der Waals surface area contributed by atoms with Crippen molar-refractivity contribution in [2.45, 2.75) is 18.9 Å².